The molecule has 16 heavy (non-hydrogen) atoms. The quantitative estimate of drug-likeness (QED) is 0.797. The van der Waals surface area contributed by atoms with E-state index in [1.807, 2.05) is 6.92 Å². The normalized spacial score (nSPS) is 19.4. The molecule has 2 N–H and O–H groups in total. The van der Waals surface area contributed by atoms with Crippen LogP contribution >= 0.6 is 0 Å². The number of aryl methyl sites for hydroxylation is 1. The molecule has 1 saturated carbocycles. The maximum Gasteiger partial charge on any atom is 0.0582 e. The number of nitrogens with one attached hydrogen (secondary N) is 1. The molecule has 2 rings (SSSR count). The summed E-state index contributed by atoms with van der Waals surface area (Å²) in [6.07, 6.45) is 2.62. The van der Waals surface area contributed by atoms with Gasteiger partial charge in [0.15, 0.2) is 0 Å². The van der Waals surface area contributed by atoms with Crippen molar-refractivity contribution in [2.45, 2.75) is 38.8 Å². The van der Waals surface area contributed by atoms with Crippen molar-refractivity contribution in [2.75, 3.05) is 6.61 Å². The Labute approximate surface area is 97.7 Å². The van der Waals surface area contributed by atoms with E-state index in [-0.39, 0.29) is 12.6 Å². The second-order valence-electron chi connectivity index (χ2n) is 4.92. The summed E-state index contributed by atoms with van der Waals surface area (Å²) in [7, 11) is 0. The maximum absolute atomic E-state index is 9.14. The molecule has 1 unspecified atom stereocenters. The largest absolute Gasteiger partial charge is 0.395 e. The molecule has 0 aliphatic heterocycles. The molecule has 1 fully saturated rings. The highest BCUT2D eigenvalue weighted by molar-refractivity contribution is 5.30. The number of rotatable bonds is 5. The van der Waals surface area contributed by atoms with E-state index in [0.717, 1.165) is 5.92 Å². The zero-order valence-corrected chi connectivity index (χ0v) is 10.1. The van der Waals surface area contributed by atoms with Gasteiger partial charge in [0.25, 0.3) is 0 Å². The van der Waals surface area contributed by atoms with Gasteiger partial charge in [0.05, 0.1) is 6.61 Å². The molecule has 1 aromatic carbocycles. The van der Waals surface area contributed by atoms with E-state index in [2.05, 4.69) is 36.5 Å². The second kappa shape index (κ2) is 4.98. The van der Waals surface area contributed by atoms with Crippen molar-refractivity contribution in [3.05, 3.63) is 35.4 Å². The van der Waals surface area contributed by atoms with E-state index in [1.165, 1.54) is 24.0 Å². The molecule has 0 bridgehead atoms. The van der Waals surface area contributed by atoms with E-state index >= 15 is 0 Å². The summed E-state index contributed by atoms with van der Waals surface area (Å²) in [4.78, 5) is 0. The van der Waals surface area contributed by atoms with Crippen LogP contribution in [-0.2, 0) is 0 Å². The van der Waals surface area contributed by atoms with E-state index in [9.17, 15) is 0 Å². The van der Waals surface area contributed by atoms with E-state index in [1.54, 1.807) is 0 Å². The molecule has 1 aliphatic carbocycles. The molecule has 88 valence electrons. The molecule has 2 heteroatoms. The van der Waals surface area contributed by atoms with Crippen LogP contribution in [0.3, 0.4) is 0 Å². The van der Waals surface area contributed by atoms with Crippen molar-refractivity contribution >= 4 is 0 Å². The minimum Gasteiger partial charge on any atom is -0.395 e. The van der Waals surface area contributed by atoms with Gasteiger partial charge in [-0.3, -0.25) is 0 Å². The molecule has 0 radical (unpaired) electrons. The fourth-order valence-corrected chi connectivity index (χ4v) is 2.20. The van der Waals surface area contributed by atoms with E-state index in [0.29, 0.717) is 6.04 Å². The van der Waals surface area contributed by atoms with Gasteiger partial charge < -0.3 is 10.4 Å². The summed E-state index contributed by atoms with van der Waals surface area (Å²) in [5, 5.41) is 12.7. The van der Waals surface area contributed by atoms with Gasteiger partial charge in [0.1, 0.15) is 0 Å². The number of hydrogen-bond acceptors (Lipinski definition) is 2. The summed E-state index contributed by atoms with van der Waals surface area (Å²) < 4.78 is 0. The van der Waals surface area contributed by atoms with Gasteiger partial charge in [-0.15, -0.1) is 0 Å². The predicted molar refractivity (Wildman–Crippen MR) is 66.3 cm³/mol. The fourth-order valence-electron chi connectivity index (χ4n) is 2.20. The van der Waals surface area contributed by atoms with Crippen molar-refractivity contribution in [3.63, 3.8) is 0 Å². The maximum atomic E-state index is 9.14. The Hall–Kier alpha value is -0.860. The van der Waals surface area contributed by atoms with Crippen LogP contribution in [0.2, 0.25) is 0 Å². The van der Waals surface area contributed by atoms with Crippen LogP contribution in [0.15, 0.2) is 24.3 Å². The highest BCUT2D eigenvalue weighted by Gasteiger charge is 2.33. The van der Waals surface area contributed by atoms with Crippen LogP contribution in [0, 0.1) is 12.8 Å². The molecule has 1 aliphatic rings. The highest BCUT2D eigenvalue weighted by atomic mass is 16.3. The molecule has 2 atom stereocenters. The third-order valence-corrected chi connectivity index (χ3v) is 3.35. The summed E-state index contributed by atoms with van der Waals surface area (Å²) in [5.41, 5.74) is 2.74. The number of benzene rings is 1. The first-order chi connectivity index (χ1) is 7.72. The van der Waals surface area contributed by atoms with Gasteiger partial charge >= 0.3 is 0 Å². The van der Waals surface area contributed by atoms with Crippen molar-refractivity contribution < 1.29 is 5.11 Å². The first kappa shape index (κ1) is 11.6. The second-order valence-corrected chi connectivity index (χ2v) is 4.92. The molecule has 1 aromatic rings. The predicted octanol–water partition coefficient (Wildman–Crippen LogP) is 2.42. The number of hydrogen-bond donors (Lipinski definition) is 2. The van der Waals surface area contributed by atoms with Crippen LogP contribution in [0.25, 0.3) is 0 Å². The first-order valence-corrected chi connectivity index (χ1v) is 6.15. The Morgan fingerprint density at radius 1 is 1.38 bits per heavy atom. The Balaban J connectivity index is 2.16. The highest BCUT2D eigenvalue weighted by Crippen LogP contribution is 2.42. The third kappa shape index (κ3) is 2.63. The molecule has 0 saturated heterocycles. The van der Waals surface area contributed by atoms with Gasteiger partial charge in [-0.05, 0) is 43.7 Å². The molecule has 2 nitrogen and oxygen atoms in total. The van der Waals surface area contributed by atoms with Gasteiger partial charge in [-0.1, -0.05) is 24.3 Å². The molecular formula is C14H21NO. The third-order valence-electron chi connectivity index (χ3n) is 3.35. The standard InChI is InChI=1S/C14H21NO/c1-10-5-3-4-6-13(10)14(12-7-8-12)15-11(2)9-16/h3-6,11-12,14-16H,7-9H2,1-2H3/t11-,14?/m0/s1. The summed E-state index contributed by atoms with van der Waals surface area (Å²) >= 11 is 0. The number of aliphatic hydroxyl groups is 1. The monoisotopic (exact) mass is 219 g/mol. The fraction of sp³-hybridized carbons (Fsp3) is 0.571. The van der Waals surface area contributed by atoms with E-state index in [4.69, 9.17) is 5.11 Å². The van der Waals surface area contributed by atoms with Crippen molar-refractivity contribution in [2.24, 2.45) is 5.92 Å². The summed E-state index contributed by atoms with van der Waals surface area (Å²) in [6, 6.07) is 9.14. The van der Waals surface area contributed by atoms with Crippen molar-refractivity contribution in [1.82, 2.24) is 5.32 Å². The average Bonchev–Trinajstić information content (AvgIpc) is 3.10. The topological polar surface area (TPSA) is 32.3 Å². The van der Waals surface area contributed by atoms with Crippen LogP contribution < -0.4 is 5.32 Å². The minimum absolute atomic E-state index is 0.171. The van der Waals surface area contributed by atoms with E-state index < -0.39 is 0 Å². The first-order valence-electron chi connectivity index (χ1n) is 6.15. The average molecular weight is 219 g/mol. The lowest BCUT2D eigenvalue weighted by molar-refractivity contribution is 0.236. The Kier molecular flexibility index (Phi) is 3.62. The van der Waals surface area contributed by atoms with Crippen LogP contribution in [0.4, 0.5) is 0 Å². The van der Waals surface area contributed by atoms with Crippen LogP contribution in [-0.4, -0.2) is 17.8 Å². The summed E-state index contributed by atoms with van der Waals surface area (Å²) in [5.74, 6) is 0.759. The number of aliphatic hydroxyl groups excluding tert-OH is 1. The zero-order chi connectivity index (χ0) is 11.5. The Morgan fingerprint density at radius 2 is 2.06 bits per heavy atom. The Morgan fingerprint density at radius 3 is 2.62 bits per heavy atom. The minimum atomic E-state index is 0.171. The SMILES string of the molecule is Cc1ccccc1C(N[C@@H](C)CO)C1CC1. The smallest absolute Gasteiger partial charge is 0.0582 e. The molecule has 0 spiro atoms. The molecule has 0 aromatic heterocycles. The van der Waals surface area contributed by atoms with Gasteiger partial charge in [-0.25, -0.2) is 0 Å². The molecule has 0 heterocycles. The van der Waals surface area contributed by atoms with Gasteiger partial charge in [-0.2, -0.15) is 0 Å². The lowest BCUT2D eigenvalue weighted by atomic mass is 9.97. The van der Waals surface area contributed by atoms with Crippen LogP contribution in [0.5, 0.6) is 0 Å². The molecule has 0 amide bonds. The van der Waals surface area contributed by atoms with Crippen molar-refractivity contribution in [1.29, 1.82) is 0 Å². The lowest BCUT2D eigenvalue weighted by Gasteiger charge is -2.24. The molecular weight excluding hydrogens is 198 g/mol. The zero-order valence-electron chi connectivity index (χ0n) is 10.1. The van der Waals surface area contributed by atoms with Gasteiger partial charge in [0.2, 0.25) is 0 Å². The van der Waals surface area contributed by atoms with Gasteiger partial charge in [0, 0.05) is 12.1 Å². The Bertz CT molecular complexity index is 346. The lowest BCUT2D eigenvalue weighted by Crippen LogP contribution is -2.34. The summed E-state index contributed by atoms with van der Waals surface area (Å²) in [6.45, 7) is 4.40. The van der Waals surface area contributed by atoms with Crippen LogP contribution in [0.1, 0.15) is 36.9 Å². The van der Waals surface area contributed by atoms with Crippen molar-refractivity contribution in [3.8, 4) is 0 Å².